The second-order valence-corrected chi connectivity index (χ2v) is 5.23. The molecule has 4 heteroatoms. The molecule has 0 aliphatic rings. The SMILES string of the molecule is CN(Cc1ccc(F)cc1)c1ccc(Cl)cc1CCN. The van der Waals surface area contributed by atoms with Gasteiger partial charge in [-0.2, -0.15) is 0 Å². The maximum absolute atomic E-state index is 12.9. The first-order valence-corrected chi connectivity index (χ1v) is 6.92. The minimum absolute atomic E-state index is 0.216. The molecular formula is C16H18ClFN2. The Labute approximate surface area is 124 Å². The molecule has 0 aliphatic heterocycles. The van der Waals surface area contributed by atoms with Crippen LogP contribution in [0.15, 0.2) is 42.5 Å². The maximum atomic E-state index is 12.9. The van der Waals surface area contributed by atoms with E-state index in [0.717, 1.165) is 23.2 Å². The van der Waals surface area contributed by atoms with Gasteiger partial charge in [-0.15, -0.1) is 0 Å². The van der Waals surface area contributed by atoms with Crippen molar-refractivity contribution in [2.75, 3.05) is 18.5 Å². The predicted octanol–water partition coefficient (Wildman–Crippen LogP) is 3.62. The van der Waals surface area contributed by atoms with Crippen molar-refractivity contribution in [2.45, 2.75) is 13.0 Å². The van der Waals surface area contributed by atoms with Crippen molar-refractivity contribution >= 4 is 17.3 Å². The van der Waals surface area contributed by atoms with Gasteiger partial charge in [0, 0.05) is 24.3 Å². The Morgan fingerprint density at radius 1 is 1.15 bits per heavy atom. The molecular weight excluding hydrogens is 275 g/mol. The molecule has 0 spiro atoms. The van der Waals surface area contributed by atoms with Crippen molar-refractivity contribution in [3.63, 3.8) is 0 Å². The van der Waals surface area contributed by atoms with Gasteiger partial charge in [0.15, 0.2) is 0 Å². The van der Waals surface area contributed by atoms with Gasteiger partial charge in [0.1, 0.15) is 5.82 Å². The summed E-state index contributed by atoms with van der Waals surface area (Å²) in [5.74, 6) is -0.216. The van der Waals surface area contributed by atoms with Crippen molar-refractivity contribution in [1.29, 1.82) is 0 Å². The lowest BCUT2D eigenvalue weighted by Crippen LogP contribution is -2.19. The molecule has 0 aromatic heterocycles. The Morgan fingerprint density at radius 2 is 1.85 bits per heavy atom. The van der Waals surface area contributed by atoms with Crippen LogP contribution in [0.5, 0.6) is 0 Å². The van der Waals surface area contributed by atoms with Crippen LogP contribution < -0.4 is 10.6 Å². The van der Waals surface area contributed by atoms with Gasteiger partial charge in [0.2, 0.25) is 0 Å². The van der Waals surface area contributed by atoms with Crippen molar-refractivity contribution in [3.05, 3.63) is 64.4 Å². The molecule has 106 valence electrons. The quantitative estimate of drug-likeness (QED) is 0.912. The Bertz CT molecular complexity index is 569. The second kappa shape index (κ2) is 6.73. The molecule has 0 bridgehead atoms. The number of nitrogens with zero attached hydrogens (tertiary/aromatic N) is 1. The number of rotatable bonds is 5. The van der Waals surface area contributed by atoms with E-state index in [1.165, 1.54) is 12.1 Å². The van der Waals surface area contributed by atoms with Crippen LogP contribution in [0.2, 0.25) is 5.02 Å². The third kappa shape index (κ3) is 3.71. The minimum atomic E-state index is -0.216. The number of nitrogens with two attached hydrogens (primary N) is 1. The molecule has 0 saturated heterocycles. The number of benzene rings is 2. The largest absolute Gasteiger partial charge is 0.370 e. The van der Waals surface area contributed by atoms with E-state index in [1.54, 1.807) is 12.1 Å². The fourth-order valence-corrected chi connectivity index (χ4v) is 2.43. The Kier molecular flexibility index (Phi) is 4.99. The Morgan fingerprint density at radius 3 is 2.50 bits per heavy atom. The third-order valence-electron chi connectivity index (χ3n) is 3.20. The van der Waals surface area contributed by atoms with Crippen LogP contribution in [-0.2, 0) is 13.0 Å². The fraction of sp³-hybridized carbons (Fsp3) is 0.250. The summed E-state index contributed by atoms with van der Waals surface area (Å²) in [6.07, 6.45) is 0.781. The van der Waals surface area contributed by atoms with E-state index in [-0.39, 0.29) is 5.82 Å². The zero-order valence-corrected chi connectivity index (χ0v) is 12.2. The first-order chi connectivity index (χ1) is 9.60. The van der Waals surface area contributed by atoms with E-state index >= 15 is 0 Å². The summed E-state index contributed by atoms with van der Waals surface area (Å²) in [7, 11) is 2.01. The molecule has 2 rings (SSSR count). The highest BCUT2D eigenvalue weighted by molar-refractivity contribution is 6.30. The lowest BCUT2D eigenvalue weighted by Gasteiger charge is -2.23. The number of hydrogen-bond acceptors (Lipinski definition) is 2. The zero-order valence-electron chi connectivity index (χ0n) is 11.4. The van der Waals surface area contributed by atoms with Crippen LogP contribution in [0, 0.1) is 5.82 Å². The van der Waals surface area contributed by atoms with Gasteiger partial charge in [0.05, 0.1) is 0 Å². The molecule has 0 radical (unpaired) electrons. The molecule has 20 heavy (non-hydrogen) atoms. The smallest absolute Gasteiger partial charge is 0.123 e. The van der Waals surface area contributed by atoms with Gasteiger partial charge >= 0.3 is 0 Å². The highest BCUT2D eigenvalue weighted by Gasteiger charge is 2.08. The summed E-state index contributed by atoms with van der Waals surface area (Å²) < 4.78 is 12.9. The molecule has 0 saturated carbocycles. The summed E-state index contributed by atoms with van der Waals surface area (Å²) in [6, 6.07) is 12.4. The zero-order chi connectivity index (χ0) is 14.5. The summed E-state index contributed by atoms with van der Waals surface area (Å²) in [5.41, 5.74) is 8.93. The van der Waals surface area contributed by atoms with E-state index < -0.39 is 0 Å². The van der Waals surface area contributed by atoms with Crippen LogP contribution in [-0.4, -0.2) is 13.6 Å². The third-order valence-corrected chi connectivity index (χ3v) is 3.43. The Hall–Kier alpha value is -1.58. The van der Waals surface area contributed by atoms with Gasteiger partial charge in [0.25, 0.3) is 0 Å². The summed E-state index contributed by atoms with van der Waals surface area (Å²) in [6.45, 7) is 1.29. The number of halogens is 2. The van der Waals surface area contributed by atoms with Gasteiger partial charge in [-0.05, 0) is 54.4 Å². The van der Waals surface area contributed by atoms with Crippen molar-refractivity contribution in [3.8, 4) is 0 Å². The van der Waals surface area contributed by atoms with E-state index in [2.05, 4.69) is 4.90 Å². The monoisotopic (exact) mass is 292 g/mol. The van der Waals surface area contributed by atoms with Crippen molar-refractivity contribution < 1.29 is 4.39 Å². The van der Waals surface area contributed by atoms with Crippen LogP contribution in [0.25, 0.3) is 0 Å². The van der Waals surface area contributed by atoms with Gasteiger partial charge in [-0.3, -0.25) is 0 Å². The van der Waals surface area contributed by atoms with E-state index in [4.69, 9.17) is 17.3 Å². The van der Waals surface area contributed by atoms with Crippen LogP contribution in [0.1, 0.15) is 11.1 Å². The minimum Gasteiger partial charge on any atom is -0.370 e. The molecule has 2 aromatic carbocycles. The molecule has 0 unspecified atom stereocenters. The van der Waals surface area contributed by atoms with Gasteiger partial charge in [-0.25, -0.2) is 4.39 Å². The van der Waals surface area contributed by atoms with Crippen LogP contribution in [0.3, 0.4) is 0 Å². The normalized spacial score (nSPS) is 10.6. The average Bonchev–Trinajstić information content (AvgIpc) is 2.42. The lowest BCUT2D eigenvalue weighted by molar-refractivity contribution is 0.627. The van der Waals surface area contributed by atoms with E-state index in [1.807, 2.05) is 25.2 Å². The summed E-state index contributed by atoms with van der Waals surface area (Å²) in [5, 5.41) is 0.715. The maximum Gasteiger partial charge on any atom is 0.123 e. The summed E-state index contributed by atoms with van der Waals surface area (Å²) in [4.78, 5) is 2.12. The first-order valence-electron chi connectivity index (χ1n) is 6.54. The molecule has 0 heterocycles. The lowest BCUT2D eigenvalue weighted by atomic mass is 10.1. The Balaban J connectivity index is 2.19. The molecule has 0 fully saturated rings. The summed E-state index contributed by atoms with van der Waals surface area (Å²) >= 11 is 6.03. The number of hydrogen-bond donors (Lipinski definition) is 1. The standard InChI is InChI=1S/C16H18ClFN2/c1-20(11-12-2-5-15(18)6-3-12)16-7-4-14(17)10-13(16)8-9-19/h2-7,10H,8-9,11,19H2,1H3. The molecule has 2 aromatic rings. The molecule has 0 atom stereocenters. The predicted molar refractivity (Wildman–Crippen MR) is 82.7 cm³/mol. The molecule has 2 N–H and O–H groups in total. The highest BCUT2D eigenvalue weighted by atomic mass is 35.5. The average molecular weight is 293 g/mol. The van der Waals surface area contributed by atoms with E-state index in [9.17, 15) is 4.39 Å². The first kappa shape index (κ1) is 14.8. The number of anilines is 1. The highest BCUT2D eigenvalue weighted by Crippen LogP contribution is 2.25. The molecule has 2 nitrogen and oxygen atoms in total. The second-order valence-electron chi connectivity index (χ2n) is 4.79. The topological polar surface area (TPSA) is 29.3 Å². The van der Waals surface area contributed by atoms with Crippen molar-refractivity contribution in [2.24, 2.45) is 5.73 Å². The van der Waals surface area contributed by atoms with Crippen LogP contribution in [0.4, 0.5) is 10.1 Å². The molecule has 0 amide bonds. The van der Waals surface area contributed by atoms with Gasteiger partial charge in [-0.1, -0.05) is 23.7 Å². The van der Waals surface area contributed by atoms with Crippen molar-refractivity contribution in [1.82, 2.24) is 0 Å². The molecule has 0 aliphatic carbocycles. The van der Waals surface area contributed by atoms with E-state index in [0.29, 0.717) is 18.1 Å². The van der Waals surface area contributed by atoms with Crippen LogP contribution >= 0.6 is 11.6 Å². The van der Waals surface area contributed by atoms with Gasteiger partial charge < -0.3 is 10.6 Å². The fourth-order valence-electron chi connectivity index (χ4n) is 2.23.